The SMILES string of the molecule is CC(C)N=C(N)C1(C[C@@H](C)N)c2ccc(C(N)=O)cc2CCc2cc(C(N)=O)ccc21. The summed E-state index contributed by atoms with van der Waals surface area (Å²) in [5.74, 6) is -0.507. The van der Waals surface area contributed by atoms with Gasteiger partial charge in [0, 0.05) is 23.2 Å². The molecule has 1 aliphatic rings. The van der Waals surface area contributed by atoms with Gasteiger partial charge in [-0.15, -0.1) is 0 Å². The number of nitrogens with zero attached hydrogens (tertiary/aromatic N) is 1. The van der Waals surface area contributed by atoms with Crippen molar-refractivity contribution in [3.63, 3.8) is 0 Å². The molecule has 164 valence electrons. The van der Waals surface area contributed by atoms with Crippen LogP contribution in [0.5, 0.6) is 0 Å². The third kappa shape index (κ3) is 4.18. The monoisotopic (exact) mass is 421 g/mol. The molecule has 0 spiro atoms. The van der Waals surface area contributed by atoms with Crippen LogP contribution in [0.15, 0.2) is 41.4 Å². The van der Waals surface area contributed by atoms with Crippen molar-refractivity contribution in [3.05, 3.63) is 69.8 Å². The normalized spacial score (nSPS) is 16.2. The highest BCUT2D eigenvalue weighted by atomic mass is 16.1. The van der Waals surface area contributed by atoms with E-state index in [4.69, 9.17) is 27.9 Å². The number of carbonyl (C=O) groups excluding carboxylic acids is 2. The fraction of sp³-hybridized carbons (Fsp3) is 0.375. The average molecular weight is 422 g/mol. The third-order valence-corrected chi connectivity index (χ3v) is 5.83. The van der Waals surface area contributed by atoms with Gasteiger partial charge >= 0.3 is 0 Å². The summed E-state index contributed by atoms with van der Waals surface area (Å²) in [6.45, 7) is 5.87. The maximum Gasteiger partial charge on any atom is 0.248 e. The first-order valence-corrected chi connectivity index (χ1v) is 10.5. The molecule has 0 aliphatic heterocycles. The molecule has 7 heteroatoms. The van der Waals surface area contributed by atoms with Gasteiger partial charge in [0.2, 0.25) is 11.8 Å². The van der Waals surface area contributed by atoms with Crippen LogP contribution in [0.3, 0.4) is 0 Å². The summed E-state index contributed by atoms with van der Waals surface area (Å²) >= 11 is 0. The van der Waals surface area contributed by atoms with Crippen molar-refractivity contribution in [2.75, 3.05) is 0 Å². The van der Waals surface area contributed by atoms with Crippen molar-refractivity contribution < 1.29 is 9.59 Å². The van der Waals surface area contributed by atoms with Gasteiger partial charge in [-0.3, -0.25) is 14.6 Å². The van der Waals surface area contributed by atoms with Crippen molar-refractivity contribution in [3.8, 4) is 0 Å². The van der Waals surface area contributed by atoms with Crippen LogP contribution in [0.25, 0.3) is 0 Å². The number of primary amides is 2. The summed E-state index contributed by atoms with van der Waals surface area (Å²) in [6.07, 6.45) is 1.82. The highest BCUT2D eigenvalue weighted by Crippen LogP contribution is 2.44. The van der Waals surface area contributed by atoms with Crippen LogP contribution in [-0.2, 0) is 18.3 Å². The molecule has 2 amide bonds. The second kappa shape index (κ2) is 8.51. The van der Waals surface area contributed by atoms with E-state index in [-0.39, 0.29) is 12.1 Å². The van der Waals surface area contributed by atoms with E-state index in [0.717, 1.165) is 22.3 Å². The van der Waals surface area contributed by atoms with E-state index in [1.807, 2.05) is 45.0 Å². The lowest BCUT2D eigenvalue weighted by molar-refractivity contribution is 0.0991. The quantitative estimate of drug-likeness (QED) is 0.415. The van der Waals surface area contributed by atoms with E-state index in [1.54, 1.807) is 12.1 Å². The Hall–Kier alpha value is -3.19. The number of amides is 2. The molecular weight excluding hydrogens is 390 g/mol. The minimum Gasteiger partial charge on any atom is -0.386 e. The van der Waals surface area contributed by atoms with Gasteiger partial charge in [0.15, 0.2) is 0 Å². The molecular formula is C24H31N5O2. The number of hydrogen-bond acceptors (Lipinski definition) is 4. The first kappa shape index (κ1) is 22.5. The Balaban J connectivity index is 2.41. The second-order valence-electron chi connectivity index (χ2n) is 8.67. The molecule has 1 aliphatic carbocycles. The van der Waals surface area contributed by atoms with Gasteiger partial charge in [0.05, 0.1) is 5.41 Å². The number of aryl methyl sites for hydroxylation is 2. The first-order valence-electron chi connectivity index (χ1n) is 10.5. The van der Waals surface area contributed by atoms with Crippen molar-refractivity contribution >= 4 is 17.6 Å². The van der Waals surface area contributed by atoms with E-state index < -0.39 is 17.2 Å². The van der Waals surface area contributed by atoms with E-state index in [0.29, 0.717) is 36.2 Å². The number of rotatable bonds is 6. The Bertz CT molecular complexity index is 990. The number of aliphatic imine (C=N–C) groups is 1. The predicted molar refractivity (Wildman–Crippen MR) is 123 cm³/mol. The zero-order valence-electron chi connectivity index (χ0n) is 18.3. The lowest BCUT2D eigenvalue weighted by Crippen LogP contribution is -2.47. The minimum absolute atomic E-state index is 0.0186. The molecule has 0 unspecified atom stereocenters. The average Bonchev–Trinajstić information content (AvgIpc) is 2.82. The van der Waals surface area contributed by atoms with Crippen LogP contribution < -0.4 is 22.9 Å². The summed E-state index contributed by atoms with van der Waals surface area (Å²) in [5, 5.41) is 0. The van der Waals surface area contributed by atoms with Crippen molar-refractivity contribution in [1.82, 2.24) is 0 Å². The molecule has 0 saturated carbocycles. The molecule has 0 bridgehead atoms. The Kier molecular flexibility index (Phi) is 6.18. The van der Waals surface area contributed by atoms with Gasteiger partial charge < -0.3 is 22.9 Å². The molecule has 31 heavy (non-hydrogen) atoms. The van der Waals surface area contributed by atoms with E-state index in [1.165, 1.54) is 0 Å². The van der Waals surface area contributed by atoms with Crippen molar-refractivity contribution in [1.29, 1.82) is 0 Å². The molecule has 1 atom stereocenters. The summed E-state index contributed by atoms with van der Waals surface area (Å²) < 4.78 is 0. The fourth-order valence-electron chi connectivity index (χ4n) is 4.63. The molecule has 8 N–H and O–H groups in total. The van der Waals surface area contributed by atoms with Gasteiger partial charge in [0.1, 0.15) is 5.84 Å². The number of fused-ring (bicyclic) bond motifs is 2. The smallest absolute Gasteiger partial charge is 0.248 e. The third-order valence-electron chi connectivity index (χ3n) is 5.83. The summed E-state index contributed by atoms with van der Waals surface area (Å²) in [5.41, 5.74) is 28.1. The van der Waals surface area contributed by atoms with Crippen LogP contribution in [0.1, 0.15) is 70.2 Å². The van der Waals surface area contributed by atoms with E-state index >= 15 is 0 Å². The molecule has 0 radical (unpaired) electrons. The van der Waals surface area contributed by atoms with Crippen molar-refractivity contribution in [2.24, 2.45) is 27.9 Å². The molecule has 0 saturated heterocycles. The number of nitrogens with two attached hydrogens (primary N) is 4. The topological polar surface area (TPSA) is 151 Å². The van der Waals surface area contributed by atoms with Crippen LogP contribution in [0.2, 0.25) is 0 Å². The standard InChI is InChI=1S/C24H31N5O2/c1-13(2)29-23(28)24(12-14(3)25)19-8-6-17(21(26)30)10-15(19)4-5-16-11-18(22(27)31)7-9-20(16)24/h6-11,13-14H,4-5,12,25H2,1-3H3,(H2,26,30)(H2,27,31)(H2,28,29)/t14-/m1/s1. The molecule has 2 aromatic rings. The van der Waals surface area contributed by atoms with E-state index in [2.05, 4.69) is 0 Å². The van der Waals surface area contributed by atoms with Crippen LogP contribution >= 0.6 is 0 Å². The Morgan fingerprint density at radius 3 is 1.71 bits per heavy atom. The Morgan fingerprint density at radius 2 is 1.35 bits per heavy atom. The van der Waals surface area contributed by atoms with Gasteiger partial charge in [-0.2, -0.15) is 0 Å². The molecule has 3 rings (SSSR count). The Morgan fingerprint density at radius 1 is 0.903 bits per heavy atom. The first-order chi connectivity index (χ1) is 14.6. The van der Waals surface area contributed by atoms with Crippen LogP contribution in [0.4, 0.5) is 0 Å². The van der Waals surface area contributed by atoms with Gasteiger partial charge in [-0.1, -0.05) is 12.1 Å². The van der Waals surface area contributed by atoms with Crippen LogP contribution in [-0.4, -0.2) is 29.7 Å². The molecule has 0 fully saturated rings. The zero-order valence-corrected chi connectivity index (χ0v) is 18.3. The summed E-state index contributed by atoms with van der Waals surface area (Å²) in [6, 6.07) is 10.7. The van der Waals surface area contributed by atoms with Crippen LogP contribution in [0, 0.1) is 0 Å². The minimum atomic E-state index is -0.800. The van der Waals surface area contributed by atoms with Gasteiger partial charge in [0.25, 0.3) is 0 Å². The largest absolute Gasteiger partial charge is 0.386 e. The Labute approximate surface area is 182 Å². The highest BCUT2D eigenvalue weighted by molar-refractivity contribution is 5.99. The second-order valence-corrected chi connectivity index (χ2v) is 8.67. The maximum absolute atomic E-state index is 11.8. The van der Waals surface area contributed by atoms with Gasteiger partial charge in [-0.25, -0.2) is 0 Å². The highest BCUT2D eigenvalue weighted by Gasteiger charge is 2.43. The molecule has 2 aromatic carbocycles. The molecule has 0 aromatic heterocycles. The van der Waals surface area contributed by atoms with Crippen molar-refractivity contribution in [2.45, 2.75) is 57.5 Å². The fourth-order valence-corrected chi connectivity index (χ4v) is 4.63. The predicted octanol–water partition coefficient (Wildman–Crippen LogP) is 1.77. The summed E-state index contributed by atoms with van der Waals surface area (Å²) in [7, 11) is 0. The lowest BCUT2D eigenvalue weighted by Gasteiger charge is -2.38. The van der Waals surface area contributed by atoms with E-state index in [9.17, 15) is 9.59 Å². The molecule has 0 heterocycles. The summed E-state index contributed by atoms with van der Waals surface area (Å²) in [4.78, 5) is 28.4. The zero-order chi connectivity index (χ0) is 22.9. The number of carbonyl (C=O) groups is 2. The lowest BCUT2D eigenvalue weighted by atomic mass is 9.67. The number of hydrogen-bond donors (Lipinski definition) is 4. The number of amidine groups is 1. The maximum atomic E-state index is 11.8. The van der Waals surface area contributed by atoms with Gasteiger partial charge in [-0.05, 0) is 86.6 Å². The molecule has 7 nitrogen and oxygen atoms in total. The number of benzene rings is 2.